The number of aromatic nitrogens is 2. The van der Waals surface area contributed by atoms with Gasteiger partial charge in [-0.05, 0) is 25.3 Å². The third-order valence-corrected chi connectivity index (χ3v) is 4.24. The number of hydrogen-bond donors (Lipinski definition) is 1. The first-order valence-electron chi connectivity index (χ1n) is 6.99. The fourth-order valence-corrected chi connectivity index (χ4v) is 2.81. The van der Waals surface area contributed by atoms with E-state index in [9.17, 15) is 0 Å². The number of nitrogens with one attached hydrogen (secondary N) is 1. The molecule has 0 aliphatic carbocycles. The summed E-state index contributed by atoms with van der Waals surface area (Å²) in [5.74, 6) is 1.43. The molecule has 3 rings (SSSR count). The molecule has 1 aliphatic heterocycles. The average molecular weight is 286 g/mol. The van der Waals surface area contributed by atoms with E-state index in [2.05, 4.69) is 22.1 Å². The van der Waals surface area contributed by atoms with Gasteiger partial charge in [0.1, 0.15) is 10.5 Å². The molecule has 0 amide bonds. The fraction of sp³-hybridized carbons (Fsp3) is 0.375. The van der Waals surface area contributed by atoms with Gasteiger partial charge in [0.15, 0.2) is 0 Å². The van der Waals surface area contributed by atoms with Gasteiger partial charge in [-0.15, -0.1) is 0 Å². The number of benzene rings is 1. The van der Waals surface area contributed by atoms with Crippen LogP contribution in [0, 0.1) is 11.6 Å². The first-order valence-corrected chi connectivity index (χ1v) is 7.40. The molecule has 1 N–H and O–H groups in total. The molecule has 1 aromatic carbocycles. The minimum absolute atomic E-state index is 0.425. The van der Waals surface area contributed by atoms with Crippen molar-refractivity contribution in [3.63, 3.8) is 0 Å². The monoisotopic (exact) mass is 286 g/mol. The third kappa shape index (κ3) is 2.67. The Kier molecular flexibility index (Phi) is 3.94. The lowest BCUT2D eigenvalue weighted by atomic mass is 9.98. The van der Waals surface area contributed by atoms with Crippen LogP contribution < -0.4 is 0 Å². The molecule has 2 heterocycles. The Labute approximate surface area is 124 Å². The van der Waals surface area contributed by atoms with Gasteiger partial charge in [0.05, 0.1) is 5.69 Å². The molecular weight excluding hydrogens is 268 g/mol. The number of hydrogen-bond acceptors (Lipinski definition) is 3. The Balaban J connectivity index is 2.06. The van der Waals surface area contributed by atoms with Crippen molar-refractivity contribution < 1.29 is 4.74 Å². The second kappa shape index (κ2) is 5.85. The highest BCUT2D eigenvalue weighted by Gasteiger charge is 2.19. The molecule has 104 valence electrons. The van der Waals surface area contributed by atoms with Crippen molar-refractivity contribution in [3.05, 3.63) is 46.4 Å². The number of nitrogens with zero attached hydrogens (tertiary/aromatic N) is 1. The van der Waals surface area contributed by atoms with Gasteiger partial charge >= 0.3 is 0 Å². The zero-order chi connectivity index (χ0) is 13.9. The Morgan fingerprint density at radius 1 is 1.20 bits per heavy atom. The Bertz CT molecular complexity index is 645. The van der Waals surface area contributed by atoms with Crippen molar-refractivity contribution in [2.75, 3.05) is 13.2 Å². The summed E-state index contributed by atoms with van der Waals surface area (Å²) in [4.78, 5) is 8.09. The van der Waals surface area contributed by atoms with E-state index in [0.717, 1.165) is 48.7 Å². The zero-order valence-corrected chi connectivity index (χ0v) is 12.4. The van der Waals surface area contributed by atoms with Crippen molar-refractivity contribution in [3.8, 4) is 11.3 Å². The van der Waals surface area contributed by atoms with E-state index in [4.69, 9.17) is 17.0 Å². The van der Waals surface area contributed by atoms with E-state index >= 15 is 0 Å². The molecule has 0 spiro atoms. The second-order valence-electron chi connectivity index (χ2n) is 5.18. The van der Waals surface area contributed by atoms with Gasteiger partial charge in [-0.2, -0.15) is 0 Å². The summed E-state index contributed by atoms with van der Waals surface area (Å²) < 4.78 is 6.12. The molecule has 4 heteroatoms. The maximum atomic E-state index is 5.44. The molecule has 0 bridgehead atoms. The predicted octanol–water partition coefficient (Wildman–Crippen LogP) is 4.01. The van der Waals surface area contributed by atoms with E-state index < -0.39 is 0 Å². The van der Waals surface area contributed by atoms with Crippen molar-refractivity contribution in [2.24, 2.45) is 0 Å². The van der Waals surface area contributed by atoms with Crippen LogP contribution in [0.5, 0.6) is 0 Å². The molecule has 1 aromatic heterocycles. The number of H-pyrrole nitrogens is 1. The van der Waals surface area contributed by atoms with Gasteiger partial charge in [0.25, 0.3) is 0 Å². The summed E-state index contributed by atoms with van der Waals surface area (Å²) in [6, 6.07) is 10.3. The summed E-state index contributed by atoms with van der Waals surface area (Å²) in [6.07, 6.45) is 2.02. The van der Waals surface area contributed by atoms with Crippen LogP contribution in [0.3, 0.4) is 0 Å². The lowest BCUT2D eigenvalue weighted by Crippen LogP contribution is -2.17. The third-order valence-electron chi connectivity index (χ3n) is 3.84. The quantitative estimate of drug-likeness (QED) is 0.848. The number of aromatic amines is 1. The van der Waals surface area contributed by atoms with E-state index in [1.807, 2.05) is 25.1 Å². The molecule has 20 heavy (non-hydrogen) atoms. The minimum Gasteiger partial charge on any atom is -0.381 e. The van der Waals surface area contributed by atoms with E-state index in [1.54, 1.807) is 0 Å². The summed E-state index contributed by atoms with van der Waals surface area (Å²) in [5, 5.41) is 0. The lowest BCUT2D eigenvalue weighted by Gasteiger charge is -2.22. The topological polar surface area (TPSA) is 37.9 Å². The molecule has 2 aromatic rings. The lowest BCUT2D eigenvalue weighted by molar-refractivity contribution is 0.0836. The molecule has 3 nitrogen and oxygen atoms in total. The standard InChI is InChI=1S/C16H18N2OS/c1-11-14(12-5-3-2-4-6-12)17-15(18-16(11)20)13-7-9-19-10-8-13/h2-6,13H,7-10H2,1H3,(H,17,18,20). The zero-order valence-electron chi connectivity index (χ0n) is 11.6. The molecule has 0 unspecified atom stereocenters. The number of ether oxygens (including phenoxy) is 1. The van der Waals surface area contributed by atoms with Crippen LogP contribution in [-0.4, -0.2) is 23.2 Å². The largest absolute Gasteiger partial charge is 0.381 e. The predicted molar refractivity (Wildman–Crippen MR) is 82.4 cm³/mol. The summed E-state index contributed by atoms with van der Waals surface area (Å²) in [5.41, 5.74) is 3.29. The molecule has 0 atom stereocenters. The average Bonchev–Trinajstić information content (AvgIpc) is 2.51. The molecular formula is C16H18N2OS. The van der Waals surface area contributed by atoms with E-state index in [1.165, 1.54) is 0 Å². The smallest absolute Gasteiger partial charge is 0.133 e. The summed E-state index contributed by atoms with van der Waals surface area (Å²) in [6.45, 7) is 3.64. The van der Waals surface area contributed by atoms with Gasteiger partial charge in [-0.1, -0.05) is 42.5 Å². The molecule has 0 radical (unpaired) electrons. The van der Waals surface area contributed by atoms with Crippen LogP contribution >= 0.6 is 12.2 Å². The summed E-state index contributed by atoms with van der Waals surface area (Å²) in [7, 11) is 0. The molecule has 1 fully saturated rings. The fourth-order valence-electron chi connectivity index (χ4n) is 2.61. The maximum Gasteiger partial charge on any atom is 0.133 e. The highest BCUT2D eigenvalue weighted by Crippen LogP contribution is 2.28. The van der Waals surface area contributed by atoms with Gasteiger partial charge in [-0.25, -0.2) is 4.98 Å². The first-order chi connectivity index (χ1) is 9.75. The van der Waals surface area contributed by atoms with Crippen molar-refractivity contribution in [1.29, 1.82) is 0 Å². The van der Waals surface area contributed by atoms with E-state index in [0.29, 0.717) is 10.6 Å². The first kappa shape index (κ1) is 13.5. The maximum absolute atomic E-state index is 5.44. The van der Waals surface area contributed by atoms with Gasteiger partial charge in [-0.3, -0.25) is 0 Å². The van der Waals surface area contributed by atoms with E-state index in [-0.39, 0.29) is 0 Å². The minimum atomic E-state index is 0.425. The van der Waals surface area contributed by atoms with Crippen molar-refractivity contribution in [2.45, 2.75) is 25.7 Å². The van der Waals surface area contributed by atoms with Crippen molar-refractivity contribution in [1.82, 2.24) is 9.97 Å². The van der Waals surface area contributed by atoms with Gasteiger partial charge in [0, 0.05) is 24.7 Å². The molecule has 0 saturated carbocycles. The van der Waals surface area contributed by atoms with Crippen LogP contribution in [0.1, 0.15) is 30.1 Å². The normalized spacial score (nSPS) is 16.2. The Morgan fingerprint density at radius 2 is 1.90 bits per heavy atom. The molecule has 1 saturated heterocycles. The SMILES string of the molecule is Cc1c(-c2ccccc2)[nH]c(C2CCOCC2)nc1=S. The van der Waals surface area contributed by atoms with Crippen LogP contribution in [0.2, 0.25) is 0 Å². The molecule has 1 aliphatic rings. The summed E-state index contributed by atoms with van der Waals surface area (Å²) >= 11 is 5.44. The highest BCUT2D eigenvalue weighted by atomic mass is 32.1. The number of rotatable bonds is 2. The van der Waals surface area contributed by atoms with Crippen LogP contribution in [-0.2, 0) is 4.74 Å². The Morgan fingerprint density at radius 3 is 2.60 bits per heavy atom. The second-order valence-corrected chi connectivity index (χ2v) is 5.57. The van der Waals surface area contributed by atoms with Gasteiger partial charge < -0.3 is 9.72 Å². The van der Waals surface area contributed by atoms with Crippen molar-refractivity contribution >= 4 is 12.2 Å². The highest BCUT2D eigenvalue weighted by molar-refractivity contribution is 7.71. The Hall–Kier alpha value is -1.52. The van der Waals surface area contributed by atoms with Gasteiger partial charge in [0.2, 0.25) is 0 Å². The van der Waals surface area contributed by atoms with Crippen LogP contribution in [0.25, 0.3) is 11.3 Å². The van der Waals surface area contributed by atoms with Crippen LogP contribution in [0.15, 0.2) is 30.3 Å². The van der Waals surface area contributed by atoms with Crippen LogP contribution in [0.4, 0.5) is 0 Å².